The fourth-order valence-electron chi connectivity index (χ4n) is 1.94. The molecule has 84 valence electrons. The summed E-state index contributed by atoms with van der Waals surface area (Å²) in [6, 6.07) is 0.699. The Morgan fingerprint density at radius 1 is 1.29 bits per heavy atom. The van der Waals surface area contributed by atoms with Gasteiger partial charge in [0.15, 0.2) is 0 Å². The molecular weight excluding hydrogens is 174 g/mol. The van der Waals surface area contributed by atoms with E-state index in [9.17, 15) is 0 Å². The van der Waals surface area contributed by atoms with Crippen molar-refractivity contribution in [1.82, 2.24) is 4.90 Å². The zero-order chi connectivity index (χ0) is 10.6. The number of rotatable bonds is 5. The summed E-state index contributed by atoms with van der Waals surface area (Å²) >= 11 is 0. The van der Waals surface area contributed by atoms with Gasteiger partial charge in [-0.25, -0.2) is 0 Å². The van der Waals surface area contributed by atoms with Crippen LogP contribution in [0, 0.1) is 11.8 Å². The van der Waals surface area contributed by atoms with Gasteiger partial charge in [-0.1, -0.05) is 13.8 Å². The highest BCUT2D eigenvalue weighted by Gasteiger charge is 2.23. The van der Waals surface area contributed by atoms with Crippen LogP contribution in [0.1, 0.15) is 34.1 Å². The van der Waals surface area contributed by atoms with E-state index < -0.39 is 0 Å². The van der Waals surface area contributed by atoms with E-state index in [1.807, 2.05) is 0 Å². The summed E-state index contributed by atoms with van der Waals surface area (Å²) in [5, 5.41) is 0. The fourth-order valence-corrected chi connectivity index (χ4v) is 1.94. The highest BCUT2D eigenvalue weighted by molar-refractivity contribution is 4.77. The van der Waals surface area contributed by atoms with Gasteiger partial charge in [0.25, 0.3) is 0 Å². The van der Waals surface area contributed by atoms with Crippen molar-refractivity contribution in [2.45, 2.75) is 40.2 Å². The molecule has 0 aromatic carbocycles. The molecule has 1 atom stereocenters. The minimum absolute atomic E-state index is 0.664. The molecule has 0 amide bonds. The van der Waals surface area contributed by atoms with Crippen molar-refractivity contribution in [1.29, 1.82) is 0 Å². The van der Waals surface area contributed by atoms with E-state index in [4.69, 9.17) is 4.74 Å². The normalized spacial score (nSPS) is 24.0. The molecule has 2 heteroatoms. The van der Waals surface area contributed by atoms with Gasteiger partial charge in [-0.3, -0.25) is 0 Å². The van der Waals surface area contributed by atoms with Gasteiger partial charge in [0.05, 0.1) is 6.61 Å². The first-order valence-corrected chi connectivity index (χ1v) is 5.91. The van der Waals surface area contributed by atoms with E-state index in [1.54, 1.807) is 0 Å². The highest BCUT2D eigenvalue weighted by atomic mass is 16.5. The minimum Gasteiger partial charge on any atom is -0.381 e. The van der Waals surface area contributed by atoms with Crippen LogP contribution in [0.4, 0.5) is 0 Å². The molecule has 1 heterocycles. The smallest absolute Gasteiger partial charge is 0.0507 e. The summed E-state index contributed by atoms with van der Waals surface area (Å²) in [4.78, 5) is 2.55. The molecule has 0 N–H and O–H groups in total. The van der Waals surface area contributed by atoms with E-state index in [2.05, 4.69) is 32.6 Å². The van der Waals surface area contributed by atoms with Crippen LogP contribution in [-0.2, 0) is 4.74 Å². The minimum atomic E-state index is 0.664. The number of nitrogens with zero attached hydrogens (tertiary/aromatic N) is 1. The van der Waals surface area contributed by atoms with Gasteiger partial charge in [0, 0.05) is 19.2 Å². The third-order valence-corrected chi connectivity index (χ3v) is 2.85. The first kappa shape index (κ1) is 12.0. The van der Waals surface area contributed by atoms with Crippen LogP contribution in [0.5, 0.6) is 0 Å². The quantitative estimate of drug-likeness (QED) is 0.674. The second-order valence-electron chi connectivity index (χ2n) is 5.17. The summed E-state index contributed by atoms with van der Waals surface area (Å²) in [7, 11) is 0. The van der Waals surface area contributed by atoms with Gasteiger partial charge < -0.3 is 9.64 Å². The van der Waals surface area contributed by atoms with Crippen molar-refractivity contribution < 1.29 is 4.74 Å². The molecule has 0 saturated carbocycles. The van der Waals surface area contributed by atoms with Crippen LogP contribution >= 0.6 is 0 Å². The molecule has 0 aliphatic carbocycles. The van der Waals surface area contributed by atoms with E-state index >= 15 is 0 Å². The van der Waals surface area contributed by atoms with Crippen LogP contribution in [0.15, 0.2) is 0 Å². The topological polar surface area (TPSA) is 12.5 Å². The van der Waals surface area contributed by atoms with Gasteiger partial charge in [-0.05, 0) is 38.6 Å². The molecular formula is C12H25NO. The van der Waals surface area contributed by atoms with Crippen LogP contribution in [0.25, 0.3) is 0 Å². The summed E-state index contributed by atoms with van der Waals surface area (Å²) < 4.78 is 5.68. The monoisotopic (exact) mass is 199 g/mol. The molecule has 0 aromatic rings. The Hall–Kier alpha value is -0.0800. The summed E-state index contributed by atoms with van der Waals surface area (Å²) in [6.45, 7) is 13.3. The van der Waals surface area contributed by atoms with Crippen LogP contribution in [0.3, 0.4) is 0 Å². The number of hydrogen-bond donors (Lipinski definition) is 0. The zero-order valence-corrected chi connectivity index (χ0v) is 10.1. The Kier molecular flexibility index (Phi) is 4.90. The SMILES string of the molecule is CC(C)COCC1CCN(C(C)C)C1. The van der Waals surface area contributed by atoms with E-state index in [0.29, 0.717) is 12.0 Å². The Morgan fingerprint density at radius 2 is 2.00 bits per heavy atom. The van der Waals surface area contributed by atoms with E-state index in [-0.39, 0.29) is 0 Å². The second-order valence-corrected chi connectivity index (χ2v) is 5.17. The van der Waals surface area contributed by atoms with Crippen molar-refractivity contribution in [3.63, 3.8) is 0 Å². The highest BCUT2D eigenvalue weighted by Crippen LogP contribution is 2.18. The maximum Gasteiger partial charge on any atom is 0.0507 e. The van der Waals surface area contributed by atoms with Crippen molar-refractivity contribution in [3.05, 3.63) is 0 Å². The van der Waals surface area contributed by atoms with E-state index in [1.165, 1.54) is 19.5 Å². The predicted molar refractivity (Wildman–Crippen MR) is 60.5 cm³/mol. The summed E-state index contributed by atoms with van der Waals surface area (Å²) in [5.74, 6) is 1.44. The molecule has 0 bridgehead atoms. The van der Waals surface area contributed by atoms with Gasteiger partial charge in [0.1, 0.15) is 0 Å². The van der Waals surface area contributed by atoms with E-state index in [0.717, 1.165) is 19.1 Å². The molecule has 1 unspecified atom stereocenters. The number of hydrogen-bond acceptors (Lipinski definition) is 2. The molecule has 1 aliphatic rings. The molecule has 0 spiro atoms. The molecule has 14 heavy (non-hydrogen) atoms. The maximum atomic E-state index is 5.68. The largest absolute Gasteiger partial charge is 0.381 e. The van der Waals surface area contributed by atoms with Crippen LogP contribution < -0.4 is 0 Å². The Labute approximate surface area is 88.6 Å². The molecule has 2 nitrogen and oxygen atoms in total. The molecule has 1 aliphatic heterocycles. The average molecular weight is 199 g/mol. The average Bonchev–Trinajstić information content (AvgIpc) is 2.52. The summed E-state index contributed by atoms with van der Waals surface area (Å²) in [6.07, 6.45) is 1.32. The second kappa shape index (κ2) is 5.72. The third kappa shape index (κ3) is 3.97. The Balaban J connectivity index is 2.10. The first-order valence-electron chi connectivity index (χ1n) is 5.91. The van der Waals surface area contributed by atoms with Crippen LogP contribution in [0.2, 0.25) is 0 Å². The first-order chi connectivity index (χ1) is 6.59. The third-order valence-electron chi connectivity index (χ3n) is 2.85. The van der Waals surface area contributed by atoms with Crippen LogP contribution in [-0.4, -0.2) is 37.2 Å². The Morgan fingerprint density at radius 3 is 2.50 bits per heavy atom. The lowest BCUT2D eigenvalue weighted by atomic mass is 10.1. The van der Waals surface area contributed by atoms with Crippen molar-refractivity contribution >= 4 is 0 Å². The van der Waals surface area contributed by atoms with Crippen molar-refractivity contribution in [2.75, 3.05) is 26.3 Å². The zero-order valence-electron chi connectivity index (χ0n) is 10.1. The van der Waals surface area contributed by atoms with Gasteiger partial charge >= 0.3 is 0 Å². The lowest BCUT2D eigenvalue weighted by Gasteiger charge is -2.20. The summed E-state index contributed by atoms with van der Waals surface area (Å²) in [5.41, 5.74) is 0. The molecule has 1 saturated heterocycles. The molecule has 1 fully saturated rings. The number of ether oxygens (including phenoxy) is 1. The number of likely N-dealkylation sites (tertiary alicyclic amines) is 1. The van der Waals surface area contributed by atoms with Gasteiger partial charge in [0.2, 0.25) is 0 Å². The van der Waals surface area contributed by atoms with Crippen molar-refractivity contribution in [3.8, 4) is 0 Å². The van der Waals surface area contributed by atoms with Crippen molar-refractivity contribution in [2.24, 2.45) is 11.8 Å². The predicted octanol–water partition coefficient (Wildman–Crippen LogP) is 2.39. The lowest BCUT2D eigenvalue weighted by molar-refractivity contribution is 0.0801. The Bertz CT molecular complexity index is 156. The maximum absolute atomic E-state index is 5.68. The molecule has 0 radical (unpaired) electrons. The lowest BCUT2D eigenvalue weighted by Crippen LogP contribution is -2.28. The fraction of sp³-hybridized carbons (Fsp3) is 1.00. The molecule has 1 rings (SSSR count). The van der Waals surface area contributed by atoms with Gasteiger partial charge in [-0.2, -0.15) is 0 Å². The molecule has 0 aromatic heterocycles. The standard InChI is InChI=1S/C12H25NO/c1-10(2)8-14-9-12-5-6-13(7-12)11(3)4/h10-12H,5-9H2,1-4H3. The van der Waals surface area contributed by atoms with Gasteiger partial charge in [-0.15, -0.1) is 0 Å².